The van der Waals surface area contributed by atoms with E-state index in [0.717, 1.165) is 0 Å². The number of carboxylic acids is 1. The number of benzene rings is 1. The molecule has 6 heteroatoms. The lowest BCUT2D eigenvalue weighted by molar-refractivity contribution is 0.0690. The van der Waals surface area contributed by atoms with E-state index in [0.29, 0.717) is 21.5 Å². The quantitative estimate of drug-likeness (QED) is 0.935. The van der Waals surface area contributed by atoms with E-state index in [4.69, 9.17) is 33.0 Å². The number of nitrogens with zero attached hydrogens (tertiary/aromatic N) is 1. The molecule has 98 valence electrons. The van der Waals surface area contributed by atoms with E-state index in [9.17, 15) is 4.79 Å². The summed E-state index contributed by atoms with van der Waals surface area (Å²) in [6.45, 7) is 0.152. The molecule has 1 N–H and O–H groups in total. The Morgan fingerprint density at radius 2 is 2.00 bits per heavy atom. The molecule has 0 aliphatic rings. The summed E-state index contributed by atoms with van der Waals surface area (Å²) >= 11 is 11.6. The zero-order valence-corrected chi connectivity index (χ0v) is 11.1. The van der Waals surface area contributed by atoms with E-state index >= 15 is 0 Å². The van der Waals surface area contributed by atoms with Crippen molar-refractivity contribution in [1.29, 1.82) is 0 Å². The smallest absolute Gasteiger partial charge is 0.354 e. The van der Waals surface area contributed by atoms with Crippen LogP contribution in [0.25, 0.3) is 0 Å². The van der Waals surface area contributed by atoms with Gasteiger partial charge in [-0.05, 0) is 24.3 Å². The van der Waals surface area contributed by atoms with E-state index in [1.807, 2.05) is 0 Å². The second kappa shape index (κ2) is 5.91. The lowest BCUT2D eigenvalue weighted by Gasteiger charge is -2.07. The molecule has 0 fully saturated rings. The maximum Gasteiger partial charge on any atom is 0.354 e. The first kappa shape index (κ1) is 13.6. The normalized spacial score (nSPS) is 10.2. The van der Waals surface area contributed by atoms with Gasteiger partial charge in [-0.3, -0.25) is 0 Å². The third-order valence-corrected chi connectivity index (χ3v) is 3.04. The van der Waals surface area contributed by atoms with Gasteiger partial charge >= 0.3 is 5.97 Å². The van der Waals surface area contributed by atoms with Crippen molar-refractivity contribution in [3.8, 4) is 5.75 Å². The third kappa shape index (κ3) is 3.59. The number of aromatic nitrogens is 1. The number of pyridine rings is 1. The van der Waals surface area contributed by atoms with Crippen LogP contribution in [0.4, 0.5) is 0 Å². The first-order chi connectivity index (χ1) is 9.06. The number of hydrogen-bond acceptors (Lipinski definition) is 3. The van der Waals surface area contributed by atoms with Crippen LogP contribution in [-0.4, -0.2) is 16.1 Å². The Kier molecular flexibility index (Phi) is 4.24. The van der Waals surface area contributed by atoms with E-state index < -0.39 is 5.97 Å². The Hall–Kier alpha value is -1.78. The van der Waals surface area contributed by atoms with Crippen LogP contribution in [-0.2, 0) is 6.61 Å². The van der Waals surface area contributed by atoms with Crippen molar-refractivity contribution in [3.63, 3.8) is 0 Å². The minimum Gasteiger partial charge on any atom is -0.487 e. The molecule has 1 aromatic heterocycles. The van der Waals surface area contributed by atoms with Crippen molar-refractivity contribution in [2.24, 2.45) is 0 Å². The molecule has 4 nitrogen and oxygen atoms in total. The molecule has 1 heterocycles. The van der Waals surface area contributed by atoms with Crippen molar-refractivity contribution in [3.05, 3.63) is 57.8 Å². The zero-order valence-electron chi connectivity index (χ0n) is 9.64. The van der Waals surface area contributed by atoms with E-state index in [1.54, 1.807) is 30.3 Å². The lowest BCUT2D eigenvalue weighted by Crippen LogP contribution is -2.04. The highest BCUT2D eigenvalue weighted by molar-refractivity contribution is 6.42. The minimum atomic E-state index is -1.07. The summed E-state index contributed by atoms with van der Waals surface area (Å²) in [6, 6.07) is 9.61. The summed E-state index contributed by atoms with van der Waals surface area (Å²) in [6.07, 6.45) is 0. The molecule has 2 aromatic rings. The zero-order chi connectivity index (χ0) is 13.8. The maximum atomic E-state index is 10.8. The van der Waals surface area contributed by atoms with Crippen LogP contribution in [0, 0.1) is 0 Å². The van der Waals surface area contributed by atoms with Gasteiger partial charge in [-0.15, -0.1) is 0 Å². The van der Waals surface area contributed by atoms with Gasteiger partial charge in [-0.25, -0.2) is 9.78 Å². The molecule has 0 radical (unpaired) electrons. The summed E-state index contributed by atoms with van der Waals surface area (Å²) in [5.41, 5.74) is 0.501. The molecule has 19 heavy (non-hydrogen) atoms. The molecule has 0 saturated heterocycles. The van der Waals surface area contributed by atoms with Crippen molar-refractivity contribution in [1.82, 2.24) is 4.98 Å². The van der Waals surface area contributed by atoms with Crippen molar-refractivity contribution in [2.75, 3.05) is 0 Å². The molecule has 0 atom stereocenters. The number of rotatable bonds is 4. The number of hydrogen-bond donors (Lipinski definition) is 1. The van der Waals surface area contributed by atoms with Crippen LogP contribution in [0.5, 0.6) is 5.75 Å². The fraction of sp³-hybridized carbons (Fsp3) is 0.0769. The Morgan fingerprint density at radius 3 is 2.68 bits per heavy atom. The molecule has 0 aliphatic carbocycles. The highest BCUT2D eigenvalue weighted by Gasteiger charge is 2.06. The van der Waals surface area contributed by atoms with Gasteiger partial charge in [0.1, 0.15) is 18.1 Å². The topological polar surface area (TPSA) is 59.4 Å². The van der Waals surface area contributed by atoms with Crippen LogP contribution in [0.3, 0.4) is 0 Å². The van der Waals surface area contributed by atoms with Gasteiger partial charge in [0.15, 0.2) is 0 Å². The number of carbonyl (C=O) groups is 1. The van der Waals surface area contributed by atoms with Crippen LogP contribution >= 0.6 is 23.2 Å². The first-order valence-corrected chi connectivity index (χ1v) is 6.09. The molecule has 0 aliphatic heterocycles. The second-order valence-corrected chi connectivity index (χ2v) is 4.50. The molecular weight excluding hydrogens is 289 g/mol. The monoisotopic (exact) mass is 297 g/mol. The van der Waals surface area contributed by atoms with Gasteiger partial charge in [0.25, 0.3) is 0 Å². The summed E-state index contributed by atoms with van der Waals surface area (Å²) in [4.78, 5) is 14.7. The van der Waals surface area contributed by atoms with Crippen LogP contribution in [0.2, 0.25) is 10.0 Å². The highest BCUT2D eigenvalue weighted by Crippen LogP contribution is 2.26. The largest absolute Gasteiger partial charge is 0.487 e. The number of aromatic carboxylic acids is 1. The number of ether oxygens (including phenoxy) is 1. The molecule has 0 amide bonds. The molecule has 1 aromatic carbocycles. The van der Waals surface area contributed by atoms with Crippen LogP contribution < -0.4 is 4.74 Å². The Bertz CT molecular complexity index is 617. The number of halogens is 2. The van der Waals surface area contributed by atoms with Gasteiger partial charge in [0, 0.05) is 6.07 Å². The SMILES string of the molecule is O=C(O)c1cccc(COc2ccc(Cl)c(Cl)c2)n1. The second-order valence-electron chi connectivity index (χ2n) is 3.68. The van der Waals surface area contributed by atoms with Gasteiger partial charge in [0.05, 0.1) is 15.7 Å². The Morgan fingerprint density at radius 1 is 1.21 bits per heavy atom. The van der Waals surface area contributed by atoms with Gasteiger partial charge in [0.2, 0.25) is 0 Å². The van der Waals surface area contributed by atoms with E-state index in [2.05, 4.69) is 4.98 Å². The fourth-order valence-electron chi connectivity index (χ4n) is 1.40. The predicted molar refractivity (Wildman–Crippen MR) is 72.0 cm³/mol. The lowest BCUT2D eigenvalue weighted by atomic mass is 10.3. The van der Waals surface area contributed by atoms with Crippen LogP contribution in [0.1, 0.15) is 16.2 Å². The molecule has 0 unspecified atom stereocenters. The summed E-state index contributed by atoms with van der Waals surface area (Å²) < 4.78 is 5.46. The van der Waals surface area contributed by atoms with Crippen molar-refractivity contribution < 1.29 is 14.6 Å². The number of carboxylic acid groups (broad SMARTS) is 1. The van der Waals surface area contributed by atoms with Crippen molar-refractivity contribution >= 4 is 29.2 Å². The summed E-state index contributed by atoms with van der Waals surface area (Å²) in [5.74, 6) is -0.534. The third-order valence-electron chi connectivity index (χ3n) is 2.30. The average Bonchev–Trinajstić information content (AvgIpc) is 2.40. The molecule has 0 saturated carbocycles. The average molecular weight is 298 g/mol. The predicted octanol–water partition coefficient (Wildman–Crippen LogP) is 3.67. The van der Waals surface area contributed by atoms with Gasteiger partial charge in [-0.1, -0.05) is 29.3 Å². The molecule has 2 rings (SSSR count). The van der Waals surface area contributed by atoms with Crippen molar-refractivity contribution in [2.45, 2.75) is 6.61 Å². The Balaban J connectivity index is 2.07. The fourth-order valence-corrected chi connectivity index (χ4v) is 1.69. The summed E-state index contributed by atoms with van der Waals surface area (Å²) in [7, 11) is 0. The molecule has 0 bridgehead atoms. The van der Waals surface area contributed by atoms with Gasteiger partial charge < -0.3 is 9.84 Å². The standard InChI is InChI=1S/C13H9Cl2NO3/c14-10-5-4-9(6-11(10)15)19-7-8-2-1-3-12(16-8)13(17)18/h1-6H,7H2,(H,17,18). The molecule has 0 spiro atoms. The highest BCUT2D eigenvalue weighted by atomic mass is 35.5. The van der Waals surface area contributed by atoms with E-state index in [1.165, 1.54) is 6.07 Å². The maximum absolute atomic E-state index is 10.8. The Labute approximate surface area is 119 Å². The first-order valence-electron chi connectivity index (χ1n) is 5.33. The van der Waals surface area contributed by atoms with Crippen LogP contribution in [0.15, 0.2) is 36.4 Å². The minimum absolute atomic E-state index is 0.0183. The summed E-state index contributed by atoms with van der Waals surface area (Å²) in [5, 5.41) is 9.67. The van der Waals surface area contributed by atoms with Gasteiger partial charge in [-0.2, -0.15) is 0 Å². The van der Waals surface area contributed by atoms with E-state index in [-0.39, 0.29) is 12.3 Å². The molecular formula is C13H9Cl2NO3.